The van der Waals surface area contributed by atoms with E-state index in [2.05, 4.69) is 12.2 Å². The van der Waals surface area contributed by atoms with Gasteiger partial charge in [-0.3, -0.25) is 6.08 Å². The van der Waals surface area contributed by atoms with E-state index in [1.165, 1.54) is 0 Å². The fourth-order valence-electron chi connectivity index (χ4n) is 0.791. The summed E-state index contributed by atoms with van der Waals surface area (Å²) in [6.45, 7) is 0. The summed E-state index contributed by atoms with van der Waals surface area (Å²) in [6, 6.07) is 10.0. The van der Waals surface area contributed by atoms with Gasteiger partial charge in [-0.1, -0.05) is 18.6 Å². The van der Waals surface area contributed by atoms with Crippen LogP contribution in [0, 0.1) is 6.08 Å². The predicted molar refractivity (Wildman–Crippen MR) is 52.7 cm³/mol. The molecule has 0 atom stereocenters. The van der Waals surface area contributed by atoms with Crippen molar-refractivity contribution in [2.75, 3.05) is 0 Å². The third kappa shape index (κ3) is 7.51. The fraction of sp³-hybridized carbons (Fsp3) is 0.0833. The Hall–Kier alpha value is -0.846. The van der Waals surface area contributed by atoms with Crippen LogP contribution in [-0.2, 0) is 18.6 Å². The number of rotatable bonds is 0. The molecule has 0 bridgehead atoms. The minimum atomic E-state index is 0. The van der Waals surface area contributed by atoms with Crippen molar-refractivity contribution < 1.29 is 18.6 Å². The Labute approximate surface area is 91.9 Å². The first kappa shape index (κ1) is 12.2. The summed E-state index contributed by atoms with van der Waals surface area (Å²) in [7, 11) is 0. The van der Waals surface area contributed by atoms with Gasteiger partial charge < -0.3 is 0 Å². The van der Waals surface area contributed by atoms with Gasteiger partial charge in [-0.05, 0) is 0 Å². The molecule has 2 rings (SSSR count). The Morgan fingerprint density at radius 2 is 1.77 bits per heavy atom. The molecular weight excluding hydrogens is 195 g/mol. The summed E-state index contributed by atoms with van der Waals surface area (Å²) in [5.74, 6) is 0. The monoisotopic (exact) mass is 207 g/mol. The summed E-state index contributed by atoms with van der Waals surface area (Å²) in [5.41, 5.74) is 0. The largest absolute Gasteiger partial charge is 2.00 e. The average molecular weight is 207 g/mol. The zero-order valence-electron chi connectivity index (χ0n) is 7.43. The van der Waals surface area contributed by atoms with Gasteiger partial charge in [0.25, 0.3) is 0 Å². The van der Waals surface area contributed by atoms with Crippen LogP contribution in [0.15, 0.2) is 60.7 Å². The maximum absolute atomic E-state index is 3.05. The summed E-state index contributed by atoms with van der Waals surface area (Å²) in [4.78, 5) is 0. The SMILES string of the molecule is [C-]1=CC=CC=CC1.[V+2].c1cc[cH-]c1. The van der Waals surface area contributed by atoms with Crippen molar-refractivity contribution in [1.82, 2.24) is 0 Å². The van der Waals surface area contributed by atoms with E-state index in [0.717, 1.165) is 6.42 Å². The predicted octanol–water partition coefficient (Wildman–Crippen LogP) is 3.26. The molecule has 0 saturated heterocycles. The smallest absolute Gasteiger partial charge is 0.271 e. The van der Waals surface area contributed by atoms with E-state index in [1.54, 1.807) is 0 Å². The second kappa shape index (κ2) is 9.24. The minimum absolute atomic E-state index is 0. The molecule has 1 aliphatic carbocycles. The molecular formula is C12H12V. The molecule has 1 radical (unpaired) electrons. The molecule has 1 heteroatoms. The van der Waals surface area contributed by atoms with Gasteiger partial charge >= 0.3 is 18.6 Å². The second-order valence-electron chi connectivity index (χ2n) is 2.35. The molecule has 0 N–H and O–H groups in total. The molecule has 1 aromatic rings. The Morgan fingerprint density at radius 3 is 2.38 bits per heavy atom. The van der Waals surface area contributed by atoms with E-state index in [9.17, 15) is 0 Å². The molecule has 0 spiro atoms. The van der Waals surface area contributed by atoms with Gasteiger partial charge in [0.05, 0.1) is 0 Å². The van der Waals surface area contributed by atoms with E-state index < -0.39 is 0 Å². The molecule has 0 heterocycles. The quantitative estimate of drug-likeness (QED) is 0.573. The Morgan fingerprint density at radius 1 is 1.00 bits per heavy atom. The molecule has 0 fully saturated rings. The molecule has 0 unspecified atom stereocenters. The van der Waals surface area contributed by atoms with Crippen LogP contribution in [0.5, 0.6) is 0 Å². The normalized spacial score (nSPS) is 12.3. The van der Waals surface area contributed by atoms with Crippen LogP contribution in [0.4, 0.5) is 0 Å². The fourth-order valence-corrected chi connectivity index (χ4v) is 0.791. The van der Waals surface area contributed by atoms with Crippen LogP contribution in [-0.4, -0.2) is 0 Å². The topological polar surface area (TPSA) is 0 Å². The van der Waals surface area contributed by atoms with E-state index in [4.69, 9.17) is 0 Å². The molecule has 13 heavy (non-hydrogen) atoms. The van der Waals surface area contributed by atoms with Crippen molar-refractivity contribution in [3.8, 4) is 0 Å². The Kier molecular flexibility index (Phi) is 8.64. The maximum Gasteiger partial charge on any atom is 2.00 e. The van der Waals surface area contributed by atoms with Gasteiger partial charge in [-0.15, -0.1) is 6.08 Å². The second-order valence-corrected chi connectivity index (χ2v) is 2.35. The number of allylic oxidation sites excluding steroid dienone is 6. The zero-order valence-corrected chi connectivity index (χ0v) is 8.82. The van der Waals surface area contributed by atoms with E-state index in [0.29, 0.717) is 0 Å². The van der Waals surface area contributed by atoms with E-state index in [1.807, 2.05) is 54.6 Å². The summed E-state index contributed by atoms with van der Waals surface area (Å²) < 4.78 is 0. The first-order valence-corrected chi connectivity index (χ1v) is 4.05. The third-order valence-electron chi connectivity index (χ3n) is 1.36. The first-order valence-electron chi connectivity index (χ1n) is 4.05. The Bertz CT molecular complexity index is 221. The van der Waals surface area contributed by atoms with Crippen molar-refractivity contribution >= 4 is 0 Å². The van der Waals surface area contributed by atoms with E-state index >= 15 is 0 Å². The van der Waals surface area contributed by atoms with E-state index in [-0.39, 0.29) is 18.6 Å². The van der Waals surface area contributed by atoms with Crippen molar-refractivity contribution in [3.05, 3.63) is 66.8 Å². The van der Waals surface area contributed by atoms with Crippen LogP contribution in [0.25, 0.3) is 0 Å². The Balaban J connectivity index is 0.000000215. The van der Waals surface area contributed by atoms with Gasteiger partial charge in [0.2, 0.25) is 0 Å². The zero-order chi connectivity index (χ0) is 8.49. The number of hydrogen-bond acceptors (Lipinski definition) is 0. The van der Waals surface area contributed by atoms with Gasteiger partial charge in [-0.25, -0.2) is 24.3 Å². The molecule has 0 nitrogen and oxygen atoms in total. The third-order valence-corrected chi connectivity index (χ3v) is 1.36. The van der Waals surface area contributed by atoms with Crippen molar-refractivity contribution in [2.45, 2.75) is 6.42 Å². The average Bonchev–Trinajstić information content (AvgIpc) is 2.54. The molecule has 1 aromatic carbocycles. The van der Waals surface area contributed by atoms with Gasteiger partial charge in [0.15, 0.2) is 0 Å². The van der Waals surface area contributed by atoms with Gasteiger partial charge in [0, 0.05) is 0 Å². The molecule has 0 aromatic heterocycles. The summed E-state index contributed by atoms with van der Waals surface area (Å²) >= 11 is 0. The van der Waals surface area contributed by atoms with Crippen molar-refractivity contribution in [1.29, 1.82) is 0 Å². The van der Waals surface area contributed by atoms with Crippen LogP contribution in [0.3, 0.4) is 0 Å². The maximum atomic E-state index is 3.05. The minimum Gasteiger partial charge on any atom is -0.271 e. The first-order chi connectivity index (χ1) is 6.00. The standard InChI is InChI=1S/C7H7.C5H5.V/c1-2-4-6-7-5-3-1;1-2-4-5-3-1;/h1-5H,6H2;1-5H;/q2*-1;+2. The molecule has 0 aliphatic heterocycles. The number of hydrogen-bond donors (Lipinski definition) is 0. The molecule has 1 aliphatic rings. The molecule has 0 amide bonds. The molecule has 65 valence electrons. The molecule has 0 saturated carbocycles. The van der Waals surface area contributed by atoms with Crippen LogP contribution in [0.1, 0.15) is 6.42 Å². The van der Waals surface area contributed by atoms with Crippen LogP contribution < -0.4 is 0 Å². The van der Waals surface area contributed by atoms with Gasteiger partial charge in [0.1, 0.15) is 0 Å². The summed E-state index contributed by atoms with van der Waals surface area (Å²) in [6.07, 6.45) is 14.0. The van der Waals surface area contributed by atoms with Gasteiger partial charge in [-0.2, -0.15) is 18.2 Å². The van der Waals surface area contributed by atoms with Crippen molar-refractivity contribution in [2.24, 2.45) is 0 Å². The van der Waals surface area contributed by atoms with Crippen LogP contribution >= 0.6 is 0 Å². The summed E-state index contributed by atoms with van der Waals surface area (Å²) in [5, 5.41) is 0. The van der Waals surface area contributed by atoms with Crippen molar-refractivity contribution in [3.63, 3.8) is 0 Å². The van der Waals surface area contributed by atoms with Crippen LogP contribution in [0.2, 0.25) is 0 Å².